The van der Waals surface area contributed by atoms with Gasteiger partial charge in [-0.05, 0) is 40.1 Å². The predicted molar refractivity (Wildman–Crippen MR) is 65.4 cm³/mol. The lowest BCUT2D eigenvalue weighted by atomic mass is 10.3. The molecular weight excluding hydrogens is 220 g/mol. The van der Waals surface area contributed by atoms with Crippen molar-refractivity contribution in [1.29, 1.82) is 0 Å². The maximum Gasteiger partial charge on any atom is 0.354 e. The van der Waals surface area contributed by atoms with Crippen LogP contribution in [0, 0.1) is 6.92 Å². The molecule has 1 rings (SSSR count). The third kappa shape index (κ3) is 4.78. The van der Waals surface area contributed by atoms with E-state index in [0.29, 0.717) is 11.6 Å². The van der Waals surface area contributed by atoms with Gasteiger partial charge in [0.15, 0.2) is 5.69 Å². The van der Waals surface area contributed by atoms with E-state index in [9.17, 15) is 4.79 Å². The molecule has 1 aromatic heterocycles. The second-order valence-corrected chi connectivity index (χ2v) is 4.11. The van der Waals surface area contributed by atoms with E-state index in [-0.39, 0.29) is 5.69 Å². The molecule has 1 aromatic rings. The molecule has 0 radical (unpaired) electrons. The highest BCUT2D eigenvalue weighted by molar-refractivity contribution is 5.85. The Balaban J connectivity index is 2.56. The third-order valence-electron chi connectivity index (χ3n) is 2.14. The minimum absolute atomic E-state index is 0.0209. The minimum atomic E-state index is -1.04. The van der Waals surface area contributed by atoms with E-state index in [4.69, 9.17) is 5.11 Å². The Hall–Kier alpha value is -1.69. The molecule has 0 spiro atoms. The largest absolute Gasteiger partial charge is 0.477 e. The van der Waals surface area contributed by atoms with Crippen LogP contribution in [0.2, 0.25) is 0 Å². The van der Waals surface area contributed by atoms with E-state index in [0.717, 1.165) is 19.5 Å². The predicted octanol–water partition coefficient (Wildman–Crippen LogP) is 0.847. The monoisotopic (exact) mass is 238 g/mol. The Kier molecular flexibility index (Phi) is 4.84. The van der Waals surface area contributed by atoms with E-state index in [1.54, 1.807) is 6.92 Å². The topological polar surface area (TPSA) is 78.3 Å². The van der Waals surface area contributed by atoms with E-state index in [1.807, 2.05) is 14.1 Å². The average Bonchev–Trinajstić information content (AvgIpc) is 2.23. The third-order valence-corrected chi connectivity index (χ3v) is 2.14. The van der Waals surface area contributed by atoms with Gasteiger partial charge in [0, 0.05) is 12.2 Å². The first-order chi connectivity index (χ1) is 7.99. The number of anilines is 1. The molecule has 2 N–H and O–H groups in total. The number of hydrogen-bond acceptors (Lipinski definition) is 5. The summed E-state index contributed by atoms with van der Waals surface area (Å²) >= 11 is 0. The zero-order chi connectivity index (χ0) is 12.8. The van der Waals surface area contributed by atoms with Gasteiger partial charge >= 0.3 is 5.97 Å². The fourth-order valence-corrected chi connectivity index (χ4v) is 1.35. The van der Waals surface area contributed by atoms with Gasteiger partial charge in [0.2, 0.25) is 5.95 Å². The molecule has 0 aliphatic heterocycles. The number of rotatable bonds is 6. The van der Waals surface area contributed by atoms with Crippen molar-refractivity contribution < 1.29 is 9.90 Å². The number of carbonyl (C=O) groups is 1. The van der Waals surface area contributed by atoms with Crippen molar-refractivity contribution in [3.05, 3.63) is 17.5 Å². The van der Waals surface area contributed by atoms with Crippen LogP contribution in [0.5, 0.6) is 0 Å². The molecular formula is C11H18N4O2. The fraction of sp³-hybridized carbons (Fsp3) is 0.545. The second kappa shape index (κ2) is 6.15. The summed E-state index contributed by atoms with van der Waals surface area (Å²) in [5.41, 5.74) is 0.667. The molecule has 0 aliphatic rings. The van der Waals surface area contributed by atoms with Gasteiger partial charge < -0.3 is 15.3 Å². The van der Waals surface area contributed by atoms with E-state index in [1.165, 1.54) is 6.07 Å². The lowest BCUT2D eigenvalue weighted by Gasteiger charge is -2.10. The van der Waals surface area contributed by atoms with E-state index >= 15 is 0 Å². The average molecular weight is 238 g/mol. The highest BCUT2D eigenvalue weighted by Gasteiger charge is 2.07. The Labute approximate surface area is 101 Å². The van der Waals surface area contributed by atoms with Gasteiger partial charge in [-0.1, -0.05) is 0 Å². The van der Waals surface area contributed by atoms with Gasteiger partial charge in [-0.25, -0.2) is 14.8 Å². The van der Waals surface area contributed by atoms with Crippen molar-refractivity contribution in [2.24, 2.45) is 0 Å². The number of nitrogens with zero attached hydrogens (tertiary/aromatic N) is 3. The zero-order valence-electron chi connectivity index (χ0n) is 10.4. The standard InChI is InChI=1S/C11H18N4O2/c1-8-7-9(10(16)17)14-11(13-8)12-5-4-6-15(2)3/h7H,4-6H2,1-3H3,(H,16,17)(H,12,13,14). The summed E-state index contributed by atoms with van der Waals surface area (Å²) in [4.78, 5) is 20.9. The normalized spacial score (nSPS) is 10.6. The summed E-state index contributed by atoms with van der Waals surface area (Å²) < 4.78 is 0. The SMILES string of the molecule is Cc1cc(C(=O)O)nc(NCCCN(C)C)n1. The molecule has 6 nitrogen and oxygen atoms in total. The van der Waals surface area contributed by atoms with E-state index < -0.39 is 5.97 Å². The molecule has 0 bridgehead atoms. The molecule has 0 saturated heterocycles. The van der Waals surface area contributed by atoms with Gasteiger partial charge in [0.05, 0.1) is 0 Å². The highest BCUT2D eigenvalue weighted by atomic mass is 16.4. The number of aryl methyl sites for hydroxylation is 1. The van der Waals surface area contributed by atoms with Crippen LogP contribution in [-0.2, 0) is 0 Å². The molecule has 0 unspecified atom stereocenters. The first-order valence-corrected chi connectivity index (χ1v) is 5.46. The molecule has 1 heterocycles. The summed E-state index contributed by atoms with van der Waals surface area (Å²) in [7, 11) is 4.01. The van der Waals surface area contributed by atoms with Crippen molar-refractivity contribution in [2.45, 2.75) is 13.3 Å². The van der Waals surface area contributed by atoms with Crippen LogP contribution in [0.1, 0.15) is 22.6 Å². The zero-order valence-corrected chi connectivity index (χ0v) is 10.4. The van der Waals surface area contributed by atoms with Crippen molar-refractivity contribution in [3.63, 3.8) is 0 Å². The first-order valence-electron chi connectivity index (χ1n) is 5.46. The van der Waals surface area contributed by atoms with Gasteiger partial charge in [0.1, 0.15) is 0 Å². The van der Waals surface area contributed by atoms with Crippen LogP contribution in [0.3, 0.4) is 0 Å². The number of hydrogen-bond donors (Lipinski definition) is 2. The quantitative estimate of drug-likeness (QED) is 0.715. The van der Waals surface area contributed by atoms with Crippen LogP contribution >= 0.6 is 0 Å². The molecule has 0 atom stereocenters. The maximum atomic E-state index is 10.8. The lowest BCUT2D eigenvalue weighted by molar-refractivity contribution is 0.0690. The van der Waals surface area contributed by atoms with Gasteiger partial charge in [0.25, 0.3) is 0 Å². The van der Waals surface area contributed by atoms with Gasteiger partial charge in [-0.2, -0.15) is 0 Å². The van der Waals surface area contributed by atoms with Crippen LogP contribution in [-0.4, -0.2) is 53.1 Å². The van der Waals surface area contributed by atoms with Crippen LogP contribution < -0.4 is 5.32 Å². The molecule has 0 aliphatic carbocycles. The second-order valence-electron chi connectivity index (χ2n) is 4.11. The van der Waals surface area contributed by atoms with Crippen molar-refractivity contribution in [2.75, 3.05) is 32.5 Å². The number of carboxylic acids is 1. The molecule has 0 fully saturated rings. The maximum absolute atomic E-state index is 10.8. The van der Waals surface area contributed by atoms with Crippen LogP contribution in [0.4, 0.5) is 5.95 Å². The van der Waals surface area contributed by atoms with Crippen LogP contribution in [0.15, 0.2) is 6.07 Å². The summed E-state index contributed by atoms with van der Waals surface area (Å²) in [6, 6.07) is 1.45. The van der Waals surface area contributed by atoms with Crippen LogP contribution in [0.25, 0.3) is 0 Å². The molecule has 0 saturated carbocycles. The van der Waals surface area contributed by atoms with Gasteiger partial charge in [-0.3, -0.25) is 0 Å². The summed E-state index contributed by atoms with van der Waals surface area (Å²) in [5, 5.41) is 11.9. The van der Waals surface area contributed by atoms with Crippen molar-refractivity contribution >= 4 is 11.9 Å². The first kappa shape index (κ1) is 13.4. The number of carboxylic acid groups (broad SMARTS) is 1. The Morgan fingerprint density at radius 3 is 2.76 bits per heavy atom. The Morgan fingerprint density at radius 2 is 2.18 bits per heavy atom. The van der Waals surface area contributed by atoms with E-state index in [2.05, 4.69) is 20.2 Å². The lowest BCUT2D eigenvalue weighted by Crippen LogP contribution is -2.17. The number of aromatic carboxylic acids is 1. The Morgan fingerprint density at radius 1 is 1.47 bits per heavy atom. The Bertz CT molecular complexity index is 393. The summed E-state index contributed by atoms with van der Waals surface area (Å²) in [6.45, 7) is 3.43. The summed E-state index contributed by atoms with van der Waals surface area (Å²) in [5.74, 6) is -0.659. The smallest absolute Gasteiger partial charge is 0.354 e. The molecule has 17 heavy (non-hydrogen) atoms. The number of nitrogens with one attached hydrogen (secondary N) is 1. The van der Waals surface area contributed by atoms with Crippen molar-refractivity contribution in [1.82, 2.24) is 14.9 Å². The number of aromatic nitrogens is 2. The fourth-order valence-electron chi connectivity index (χ4n) is 1.35. The van der Waals surface area contributed by atoms with Crippen molar-refractivity contribution in [3.8, 4) is 0 Å². The van der Waals surface area contributed by atoms with Gasteiger partial charge in [-0.15, -0.1) is 0 Å². The molecule has 0 amide bonds. The molecule has 6 heteroatoms. The minimum Gasteiger partial charge on any atom is -0.477 e. The molecule has 0 aromatic carbocycles. The highest BCUT2D eigenvalue weighted by Crippen LogP contribution is 2.04. The molecule has 94 valence electrons. The summed E-state index contributed by atoms with van der Waals surface area (Å²) in [6.07, 6.45) is 0.951.